The number of amides is 1. The van der Waals surface area contributed by atoms with Gasteiger partial charge in [-0.3, -0.25) is 4.79 Å². The Morgan fingerprint density at radius 3 is 3.04 bits per heavy atom. The van der Waals surface area contributed by atoms with Gasteiger partial charge in [-0.2, -0.15) is 0 Å². The van der Waals surface area contributed by atoms with E-state index in [9.17, 15) is 4.79 Å². The third kappa shape index (κ3) is 3.60. The van der Waals surface area contributed by atoms with Crippen LogP contribution < -0.4 is 5.32 Å². The summed E-state index contributed by atoms with van der Waals surface area (Å²) in [6.45, 7) is 0.778. The number of carbonyl (C=O) groups is 1. The van der Waals surface area contributed by atoms with Crippen molar-refractivity contribution >= 4 is 5.91 Å². The topological polar surface area (TPSA) is 85.8 Å². The molecule has 1 amide bonds. The predicted molar refractivity (Wildman–Crippen MR) is 90.5 cm³/mol. The number of hydrogen-bond donors (Lipinski definition) is 1. The molecule has 2 aromatic heterocycles. The summed E-state index contributed by atoms with van der Waals surface area (Å²) in [7, 11) is 0. The minimum Gasteiger partial charge on any atom is -0.421 e. The Morgan fingerprint density at radius 1 is 1.28 bits per heavy atom. The van der Waals surface area contributed by atoms with Crippen LogP contribution in [-0.4, -0.2) is 31.7 Å². The fraction of sp³-hybridized carbons (Fsp3) is 0.333. The first-order chi connectivity index (χ1) is 12.3. The van der Waals surface area contributed by atoms with Gasteiger partial charge >= 0.3 is 0 Å². The minimum atomic E-state index is 0.00743. The molecule has 1 atom stereocenters. The highest BCUT2D eigenvalue weighted by Gasteiger charge is 2.20. The Labute approximate surface area is 145 Å². The maximum atomic E-state index is 12.2. The van der Waals surface area contributed by atoms with Gasteiger partial charge in [0.05, 0.1) is 0 Å². The van der Waals surface area contributed by atoms with Crippen molar-refractivity contribution in [2.24, 2.45) is 0 Å². The van der Waals surface area contributed by atoms with Gasteiger partial charge in [0.1, 0.15) is 5.82 Å². The van der Waals surface area contributed by atoms with Gasteiger partial charge in [0.15, 0.2) is 0 Å². The lowest BCUT2D eigenvalue weighted by Crippen LogP contribution is -2.41. The molecule has 0 bridgehead atoms. The number of fused-ring (bicyclic) bond motifs is 1. The van der Waals surface area contributed by atoms with Gasteiger partial charge in [-0.1, -0.05) is 18.2 Å². The first kappa shape index (κ1) is 15.6. The number of nitrogens with zero attached hydrogens (tertiary/aromatic N) is 4. The summed E-state index contributed by atoms with van der Waals surface area (Å²) in [6, 6.07) is 9.75. The Kier molecular flexibility index (Phi) is 4.28. The van der Waals surface area contributed by atoms with Crippen molar-refractivity contribution in [2.45, 2.75) is 38.3 Å². The van der Waals surface area contributed by atoms with Gasteiger partial charge in [-0.05, 0) is 18.6 Å². The Bertz CT molecular complexity index is 855. The van der Waals surface area contributed by atoms with Crippen LogP contribution in [0.2, 0.25) is 0 Å². The Morgan fingerprint density at radius 2 is 2.16 bits per heavy atom. The monoisotopic (exact) mass is 337 g/mol. The number of aryl methyl sites for hydroxylation is 2. The largest absolute Gasteiger partial charge is 0.421 e. The molecule has 1 N–H and O–H groups in total. The molecule has 0 saturated heterocycles. The number of hydrogen-bond acceptors (Lipinski definition) is 5. The molecule has 4 rings (SSSR count). The average Bonchev–Trinajstić information content (AvgIpc) is 3.30. The minimum absolute atomic E-state index is 0.00743. The third-order valence-electron chi connectivity index (χ3n) is 4.35. The van der Waals surface area contributed by atoms with Gasteiger partial charge < -0.3 is 14.3 Å². The zero-order valence-electron chi connectivity index (χ0n) is 13.8. The van der Waals surface area contributed by atoms with Crippen molar-refractivity contribution in [1.82, 2.24) is 25.1 Å². The molecular weight excluding hydrogens is 318 g/mol. The van der Waals surface area contributed by atoms with E-state index < -0.39 is 0 Å². The first-order valence-corrected chi connectivity index (χ1v) is 8.45. The van der Waals surface area contributed by atoms with Crippen LogP contribution in [0.4, 0.5) is 0 Å². The van der Waals surface area contributed by atoms with Crippen LogP contribution in [0.1, 0.15) is 24.6 Å². The molecule has 0 radical (unpaired) electrons. The molecule has 1 aliphatic heterocycles. The standard InChI is InChI=1S/C18H19N5O2/c24-16(20-14-6-7-15-19-10-11-23(15)12-14)8-9-17-21-22-18(25-17)13-4-2-1-3-5-13/h1-5,10-11,14H,6-9,12H2,(H,20,24)/t14-/m1/s1. The number of carbonyl (C=O) groups excluding carboxylic acids is 1. The summed E-state index contributed by atoms with van der Waals surface area (Å²) in [6.07, 6.45) is 6.35. The molecular formula is C18H19N5O2. The van der Waals surface area contributed by atoms with Crippen LogP contribution in [-0.2, 0) is 24.2 Å². The molecule has 3 aromatic rings. The number of nitrogens with one attached hydrogen (secondary N) is 1. The van der Waals surface area contributed by atoms with Gasteiger partial charge in [-0.15, -0.1) is 10.2 Å². The summed E-state index contributed by atoms with van der Waals surface area (Å²) in [5, 5.41) is 11.1. The SMILES string of the molecule is O=C(CCc1nnc(-c2ccccc2)o1)N[C@@H]1CCc2nccn2C1. The van der Waals surface area contributed by atoms with Crippen molar-refractivity contribution < 1.29 is 9.21 Å². The van der Waals surface area contributed by atoms with Gasteiger partial charge in [0.2, 0.25) is 17.7 Å². The van der Waals surface area contributed by atoms with E-state index in [0.29, 0.717) is 24.6 Å². The highest BCUT2D eigenvalue weighted by atomic mass is 16.4. The lowest BCUT2D eigenvalue weighted by atomic mass is 10.1. The second-order valence-corrected chi connectivity index (χ2v) is 6.17. The van der Waals surface area contributed by atoms with E-state index in [1.807, 2.05) is 36.5 Å². The fourth-order valence-corrected chi connectivity index (χ4v) is 3.06. The smallest absolute Gasteiger partial charge is 0.247 e. The molecule has 0 fully saturated rings. The van der Waals surface area contributed by atoms with E-state index in [4.69, 9.17) is 4.42 Å². The molecule has 0 saturated carbocycles. The summed E-state index contributed by atoms with van der Waals surface area (Å²) >= 11 is 0. The van der Waals surface area contributed by atoms with Crippen LogP contribution in [0.3, 0.4) is 0 Å². The highest BCUT2D eigenvalue weighted by molar-refractivity contribution is 5.76. The quantitative estimate of drug-likeness (QED) is 0.769. The summed E-state index contributed by atoms with van der Waals surface area (Å²) in [5.74, 6) is 2.06. The normalized spacial score (nSPS) is 16.4. The lowest BCUT2D eigenvalue weighted by Gasteiger charge is -2.24. The second-order valence-electron chi connectivity index (χ2n) is 6.17. The van der Waals surface area contributed by atoms with Crippen molar-refractivity contribution in [2.75, 3.05) is 0 Å². The summed E-state index contributed by atoms with van der Waals surface area (Å²) in [4.78, 5) is 16.5. The highest BCUT2D eigenvalue weighted by Crippen LogP contribution is 2.17. The van der Waals surface area contributed by atoms with Gasteiger partial charge in [-0.25, -0.2) is 4.98 Å². The van der Waals surface area contributed by atoms with E-state index in [1.165, 1.54) is 0 Å². The van der Waals surface area contributed by atoms with E-state index in [0.717, 1.165) is 30.8 Å². The van der Waals surface area contributed by atoms with Gasteiger partial charge in [0, 0.05) is 49.8 Å². The average molecular weight is 337 g/mol. The van der Waals surface area contributed by atoms with Crippen molar-refractivity contribution in [3.8, 4) is 11.5 Å². The van der Waals surface area contributed by atoms with Crippen molar-refractivity contribution in [1.29, 1.82) is 0 Å². The summed E-state index contributed by atoms with van der Waals surface area (Å²) in [5.41, 5.74) is 0.879. The molecule has 0 spiro atoms. The maximum absolute atomic E-state index is 12.2. The van der Waals surface area contributed by atoms with Gasteiger partial charge in [0.25, 0.3) is 0 Å². The van der Waals surface area contributed by atoms with Crippen molar-refractivity contribution in [3.63, 3.8) is 0 Å². The van der Waals surface area contributed by atoms with Crippen molar-refractivity contribution in [3.05, 3.63) is 54.4 Å². The molecule has 0 aliphatic carbocycles. The van der Waals surface area contributed by atoms with E-state index in [1.54, 1.807) is 6.20 Å². The van der Waals surface area contributed by atoms with Crippen LogP contribution in [0.5, 0.6) is 0 Å². The molecule has 3 heterocycles. The maximum Gasteiger partial charge on any atom is 0.247 e. The molecule has 7 heteroatoms. The number of aromatic nitrogens is 4. The summed E-state index contributed by atoms with van der Waals surface area (Å²) < 4.78 is 7.73. The molecule has 7 nitrogen and oxygen atoms in total. The van der Waals surface area contributed by atoms with E-state index >= 15 is 0 Å². The molecule has 128 valence electrons. The van der Waals surface area contributed by atoms with Crippen LogP contribution in [0, 0.1) is 0 Å². The zero-order chi connectivity index (χ0) is 17.1. The number of rotatable bonds is 5. The molecule has 1 aliphatic rings. The van der Waals surface area contributed by atoms with Crippen LogP contribution in [0.25, 0.3) is 11.5 Å². The predicted octanol–water partition coefficient (Wildman–Crippen LogP) is 2.00. The first-order valence-electron chi connectivity index (χ1n) is 8.45. The Balaban J connectivity index is 1.29. The molecule has 0 unspecified atom stereocenters. The van der Waals surface area contributed by atoms with E-state index in [-0.39, 0.29) is 11.9 Å². The Hall–Kier alpha value is -2.96. The third-order valence-corrected chi connectivity index (χ3v) is 4.35. The zero-order valence-corrected chi connectivity index (χ0v) is 13.8. The molecule has 1 aromatic carbocycles. The number of benzene rings is 1. The fourth-order valence-electron chi connectivity index (χ4n) is 3.06. The van der Waals surface area contributed by atoms with Crippen LogP contribution >= 0.6 is 0 Å². The second kappa shape index (κ2) is 6.88. The number of imidazole rings is 1. The van der Waals surface area contributed by atoms with E-state index in [2.05, 4.69) is 25.1 Å². The van der Waals surface area contributed by atoms with Crippen LogP contribution in [0.15, 0.2) is 47.1 Å². The lowest BCUT2D eigenvalue weighted by molar-refractivity contribution is -0.122. The molecule has 25 heavy (non-hydrogen) atoms.